The molecule has 0 radical (unpaired) electrons. The average molecular weight is 546 g/mol. The van der Waals surface area contributed by atoms with Crippen LogP contribution in [0.15, 0.2) is 46.3 Å². The van der Waals surface area contributed by atoms with Gasteiger partial charge in [0.2, 0.25) is 5.82 Å². The van der Waals surface area contributed by atoms with Crippen LogP contribution in [0.3, 0.4) is 0 Å². The van der Waals surface area contributed by atoms with Crippen LogP contribution in [0.25, 0.3) is 11.4 Å². The molecule has 1 aliphatic carbocycles. The predicted molar refractivity (Wildman–Crippen MR) is 135 cm³/mol. The van der Waals surface area contributed by atoms with Gasteiger partial charge in [-0.25, -0.2) is 4.39 Å². The summed E-state index contributed by atoms with van der Waals surface area (Å²) in [5, 5.41) is 6.21. The second-order valence-corrected chi connectivity index (χ2v) is 11.9. The van der Waals surface area contributed by atoms with E-state index in [-0.39, 0.29) is 30.3 Å². The topological polar surface area (TPSA) is 65.2 Å². The number of piperidine rings is 3. The number of esters is 1. The normalized spacial score (nSPS) is 26.7. The number of ether oxygens (including phenoxy) is 1. The van der Waals surface area contributed by atoms with Gasteiger partial charge in [-0.1, -0.05) is 36.9 Å². The minimum absolute atomic E-state index is 0. The lowest BCUT2D eigenvalue weighted by Crippen LogP contribution is -3.00. The van der Waals surface area contributed by atoms with Gasteiger partial charge in [0.05, 0.1) is 13.1 Å². The first-order valence-corrected chi connectivity index (χ1v) is 14.1. The van der Waals surface area contributed by atoms with Crippen LogP contribution < -0.4 is 12.4 Å². The van der Waals surface area contributed by atoms with Gasteiger partial charge < -0.3 is 26.2 Å². The quantitative estimate of drug-likeness (QED) is 0.271. The van der Waals surface area contributed by atoms with Crippen LogP contribution in [0.1, 0.15) is 62.1 Å². The van der Waals surface area contributed by atoms with Crippen LogP contribution in [-0.2, 0) is 21.5 Å². The summed E-state index contributed by atoms with van der Waals surface area (Å²) in [5.74, 6) is 1.18. The number of thiophene rings is 1. The van der Waals surface area contributed by atoms with E-state index in [4.69, 9.17) is 9.26 Å². The van der Waals surface area contributed by atoms with E-state index in [1.807, 2.05) is 0 Å². The van der Waals surface area contributed by atoms with Gasteiger partial charge in [0.1, 0.15) is 17.8 Å². The fraction of sp³-hybridized carbons (Fsp3) is 0.536. The number of carbonyl (C=O) groups excluding carboxylic acids is 1. The molecule has 2 aromatic heterocycles. The Bertz CT molecular complexity index is 1180. The highest BCUT2D eigenvalue weighted by molar-refractivity contribution is 7.10. The molecule has 7 rings (SSSR count). The monoisotopic (exact) mass is 545 g/mol. The molecule has 0 spiro atoms. The van der Waals surface area contributed by atoms with Crippen molar-refractivity contribution >= 4 is 17.3 Å². The Labute approximate surface area is 227 Å². The molecule has 0 N–H and O–H groups in total. The SMILES string of the molecule is O=C(O[C@H]1C[N+]2(Cc3nc(-c4ccc(F)cc4)no3)CCC1CC2)C1(c2cccs2)CCCCCC1.[Cl-]. The zero-order valence-electron chi connectivity index (χ0n) is 20.9. The lowest BCUT2D eigenvalue weighted by atomic mass is 9.78. The number of carbonyl (C=O) groups is 1. The summed E-state index contributed by atoms with van der Waals surface area (Å²) in [7, 11) is 0. The van der Waals surface area contributed by atoms with Crippen molar-refractivity contribution in [3.05, 3.63) is 58.4 Å². The van der Waals surface area contributed by atoms with Gasteiger partial charge in [0.15, 0.2) is 12.6 Å². The molecule has 0 unspecified atom stereocenters. The Hall–Kier alpha value is -2.29. The number of quaternary nitrogens is 1. The molecule has 198 valence electrons. The lowest BCUT2D eigenvalue weighted by molar-refractivity contribution is -0.959. The van der Waals surface area contributed by atoms with E-state index in [1.165, 1.54) is 29.9 Å². The van der Waals surface area contributed by atoms with E-state index in [1.54, 1.807) is 23.5 Å². The fourth-order valence-electron chi connectivity index (χ4n) is 6.58. The van der Waals surface area contributed by atoms with Crippen LogP contribution in [0, 0.1) is 11.7 Å². The number of hydrogen-bond acceptors (Lipinski definition) is 6. The summed E-state index contributed by atoms with van der Waals surface area (Å²) in [6, 6.07) is 10.3. The summed E-state index contributed by atoms with van der Waals surface area (Å²) < 4.78 is 26.2. The molecule has 4 aliphatic rings. The first kappa shape index (κ1) is 26.3. The summed E-state index contributed by atoms with van der Waals surface area (Å²) >= 11 is 1.69. The molecule has 1 atom stereocenters. The molecular weight excluding hydrogens is 513 g/mol. The molecular formula is C28H33ClFN3O3S. The van der Waals surface area contributed by atoms with Crippen molar-refractivity contribution in [2.75, 3.05) is 19.6 Å². The van der Waals surface area contributed by atoms with Gasteiger partial charge in [0, 0.05) is 29.2 Å². The van der Waals surface area contributed by atoms with E-state index < -0.39 is 5.41 Å². The van der Waals surface area contributed by atoms with E-state index in [2.05, 4.69) is 27.7 Å². The highest BCUT2D eigenvalue weighted by Gasteiger charge is 2.51. The van der Waals surface area contributed by atoms with Gasteiger partial charge >= 0.3 is 5.97 Å². The largest absolute Gasteiger partial charge is 1.00 e. The summed E-state index contributed by atoms with van der Waals surface area (Å²) in [4.78, 5) is 19.6. The van der Waals surface area contributed by atoms with E-state index >= 15 is 0 Å². The maximum absolute atomic E-state index is 13.9. The Kier molecular flexibility index (Phi) is 7.70. The molecule has 3 aliphatic heterocycles. The maximum Gasteiger partial charge on any atom is 0.317 e. The van der Waals surface area contributed by atoms with Crippen molar-refractivity contribution in [1.82, 2.24) is 10.1 Å². The minimum Gasteiger partial charge on any atom is -1.00 e. The van der Waals surface area contributed by atoms with Crippen molar-refractivity contribution in [1.29, 1.82) is 0 Å². The zero-order valence-corrected chi connectivity index (χ0v) is 22.5. The average Bonchev–Trinajstić information content (AvgIpc) is 3.53. The number of rotatable bonds is 6. The van der Waals surface area contributed by atoms with Gasteiger partial charge in [-0.05, 0) is 48.6 Å². The molecule has 4 fully saturated rings. The molecule has 9 heteroatoms. The summed E-state index contributed by atoms with van der Waals surface area (Å²) in [6.45, 7) is 3.49. The van der Waals surface area contributed by atoms with E-state index in [0.29, 0.717) is 24.2 Å². The zero-order chi connectivity index (χ0) is 24.6. The predicted octanol–water partition coefficient (Wildman–Crippen LogP) is 2.89. The maximum atomic E-state index is 13.9. The van der Waals surface area contributed by atoms with Gasteiger partial charge in [-0.3, -0.25) is 4.79 Å². The molecule has 3 aromatic rings. The Balaban J connectivity index is 0.00000280. The molecule has 0 amide bonds. The molecule has 6 nitrogen and oxygen atoms in total. The fourth-order valence-corrected chi connectivity index (χ4v) is 7.56. The molecule has 3 saturated heterocycles. The van der Waals surface area contributed by atoms with Crippen molar-refractivity contribution in [3.8, 4) is 11.4 Å². The Morgan fingerprint density at radius 2 is 1.84 bits per heavy atom. The Morgan fingerprint density at radius 1 is 1.11 bits per heavy atom. The molecule has 5 heterocycles. The standard InChI is InChI=1S/C28H33FN3O3S.ClH/c29-22-9-7-21(8-10-22)26-30-25(35-31-26)19-32-15-11-20(12-16-32)23(18-32)34-27(33)28(24-6-5-17-36-24)13-3-1-2-4-14-28;/h5-10,17,20,23H,1-4,11-16,18-19H2;1H/q+1;/p-1/t20?,23-,32?;/m0./s1. The van der Waals surface area contributed by atoms with Crippen LogP contribution >= 0.6 is 11.3 Å². The highest BCUT2D eigenvalue weighted by Crippen LogP contribution is 2.44. The van der Waals surface area contributed by atoms with Crippen molar-refractivity contribution in [2.24, 2.45) is 5.92 Å². The van der Waals surface area contributed by atoms with E-state index in [9.17, 15) is 9.18 Å². The number of halogens is 2. The summed E-state index contributed by atoms with van der Waals surface area (Å²) in [5.41, 5.74) is 0.246. The third kappa shape index (κ3) is 5.20. The Morgan fingerprint density at radius 3 is 2.51 bits per heavy atom. The first-order valence-electron chi connectivity index (χ1n) is 13.2. The number of nitrogens with zero attached hydrogens (tertiary/aromatic N) is 3. The van der Waals surface area contributed by atoms with E-state index in [0.717, 1.165) is 68.2 Å². The minimum atomic E-state index is -0.488. The molecule has 1 saturated carbocycles. The number of hydrogen-bond donors (Lipinski definition) is 0. The number of aromatic nitrogens is 2. The number of fused-ring (bicyclic) bond motifs is 3. The molecule has 2 bridgehead atoms. The van der Waals surface area contributed by atoms with Crippen LogP contribution in [0.2, 0.25) is 0 Å². The number of benzene rings is 1. The molecule has 37 heavy (non-hydrogen) atoms. The van der Waals surface area contributed by atoms with Crippen LogP contribution in [0.5, 0.6) is 0 Å². The second-order valence-electron chi connectivity index (χ2n) is 10.9. The second kappa shape index (κ2) is 10.8. The van der Waals surface area contributed by atoms with Gasteiger partial charge in [-0.2, -0.15) is 4.98 Å². The highest BCUT2D eigenvalue weighted by atomic mass is 35.5. The smallest absolute Gasteiger partial charge is 0.317 e. The third-order valence-corrected chi connectivity index (χ3v) is 9.76. The van der Waals surface area contributed by atoms with Gasteiger partial charge in [0.25, 0.3) is 5.89 Å². The van der Waals surface area contributed by atoms with Crippen LogP contribution in [0.4, 0.5) is 4.39 Å². The van der Waals surface area contributed by atoms with Gasteiger partial charge in [-0.15, -0.1) is 11.3 Å². The van der Waals surface area contributed by atoms with Crippen molar-refractivity contribution in [2.45, 2.75) is 69.4 Å². The summed E-state index contributed by atoms with van der Waals surface area (Å²) in [6.07, 6.45) is 8.33. The molecule has 1 aromatic carbocycles. The van der Waals surface area contributed by atoms with Crippen molar-refractivity contribution in [3.63, 3.8) is 0 Å². The van der Waals surface area contributed by atoms with Crippen LogP contribution in [-0.4, -0.2) is 46.3 Å². The first-order chi connectivity index (χ1) is 17.6. The lowest BCUT2D eigenvalue weighted by Gasteiger charge is -2.51. The van der Waals surface area contributed by atoms with Crippen molar-refractivity contribution < 1.29 is 35.3 Å². The third-order valence-electron chi connectivity index (χ3n) is 8.68.